The summed E-state index contributed by atoms with van der Waals surface area (Å²) in [4.78, 5) is 23.5. The van der Waals surface area contributed by atoms with Crippen LogP contribution < -0.4 is 10.6 Å². The first kappa shape index (κ1) is 22.8. The van der Waals surface area contributed by atoms with Crippen molar-refractivity contribution in [2.75, 3.05) is 26.6 Å². The lowest BCUT2D eigenvalue weighted by Crippen LogP contribution is -2.46. The summed E-state index contributed by atoms with van der Waals surface area (Å²) in [5.74, 6) is 0.0517. The van der Waals surface area contributed by atoms with Crippen LogP contribution in [0.1, 0.15) is 54.4 Å². The van der Waals surface area contributed by atoms with E-state index in [2.05, 4.69) is 24.5 Å². The highest BCUT2D eigenvalue weighted by Gasteiger charge is 2.23. The molecule has 0 aliphatic carbocycles. The average Bonchev–Trinajstić information content (AvgIpc) is 2.44. The zero-order valence-electron chi connectivity index (χ0n) is 15.9. The highest BCUT2D eigenvalue weighted by Crippen LogP contribution is 2.15. The van der Waals surface area contributed by atoms with Crippen LogP contribution in [0.2, 0.25) is 0 Å². The molecule has 0 spiro atoms. The van der Waals surface area contributed by atoms with Crippen LogP contribution >= 0.6 is 0 Å². The molecule has 2 amide bonds. The van der Waals surface area contributed by atoms with Crippen molar-refractivity contribution in [1.82, 2.24) is 10.6 Å². The fraction of sp³-hybridized carbons (Fsp3) is 0.882. The number of nitrogens with one attached hydrogen (secondary N) is 2. The van der Waals surface area contributed by atoms with Gasteiger partial charge >= 0.3 is 0 Å². The summed E-state index contributed by atoms with van der Waals surface area (Å²) < 4.78 is 10.9. The van der Waals surface area contributed by atoms with E-state index in [0.29, 0.717) is 12.5 Å². The van der Waals surface area contributed by atoms with Gasteiger partial charge < -0.3 is 25.2 Å². The van der Waals surface area contributed by atoms with Crippen LogP contribution in [0.15, 0.2) is 0 Å². The van der Waals surface area contributed by atoms with Gasteiger partial charge in [0, 0.05) is 6.61 Å². The van der Waals surface area contributed by atoms with Crippen molar-refractivity contribution >= 4 is 11.8 Å². The second-order valence-electron chi connectivity index (χ2n) is 7.63. The second kappa shape index (κ2) is 10.6. The van der Waals surface area contributed by atoms with E-state index in [9.17, 15) is 9.59 Å². The zero-order chi connectivity index (χ0) is 18.8. The van der Waals surface area contributed by atoms with Crippen molar-refractivity contribution in [3.05, 3.63) is 0 Å². The second-order valence-corrected chi connectivity index (χ2v) is 7.63. The lowest BCUT2D eigenvalue weighted by Gasteiger charge is -2.25. The van der Waals surface area contributed by atoms with Gasteiger partial charge in [-0.2, -0.15) is 0 Å². The molecular weight excluding hydrogens is 312 g/mol. The number of rotatable bonds is 12. The van der Waals surface area contributed by atoms with Crippen LogP contribution in [0.4, 0.5) is 0 Å². The molecule has 0 aliphatic rings. The van der Waals surface area contributed by atoms with Gasteiger partial charge in [0.2, 0.25) is 11.8 Å². The van der Waals surface area contributed by atoms with E-state index < -0.39 is 11.1 Å². The molecule has 7 heteroatoms. The molecule has 0 heterocycles. The van der Waals surface area contributed by atoms with Gasteiger partial charge in [-0.05, 0) is 33.6 Å². The van der Waals surface area contributed by atoms with E-state index in [1.165, 1.54) is 0 Å². The van der Waals surface area contributed by atoms with Crippen LogP contribution in [0.25, 0.3) is 0 Å². The minimum Gasteiger partial charge on any atom is -0.394 e. The van der Waals surface area contributed by atoms with Crippen LogP contribution in [-0.2, 0) is 19.1 Å². The number of amides is 2. The van der Waals surface area contributed by atoms with Crippen LogP contribution in [-0.4, -0.2) is 54.6 Å². The summed E-state index contributed by atoms with van der Waals surface area (Å²) in [6.07, 6.45) is 0.413. The fourth-order valence-electron chi connectivity index (χ4n) is 1.74. The molecule has 0 saturated carbocycles. The molecular formula is C17H34N2O5. The third kappa shape index (κ3) is 12.3. The Balaban J connectivity index is 3.84. The molecule has 24 heavy (non-hydrogen) atoms. The largest absolute Gasteiger partial charge is 0.394 e. The Morgan fingerprint density at radius 1 is 1.12 bits per heavy atom. The molecule has 0 rings (SSSR count). The standard InChI is InChI=1S/C17H34N2O5/c1-13(2)10-24-17(5,6)9-15(22)18-12-23-8-7-14(21)19-16(3,4)11-20/h13,20H,7-12H2,1-6H3,(H,18,22)(H,19,21). The van der Waals surface area contributed by atoms with Crippen molar-refractivity contribution in [1.29, 1.82) is 0 Å². The summed E-state index contributed by atoms with van der Waals surface area (Å²) in [5.41, 5.74) is -1.17. The van der Waals surface area contributed by atoms with Crippen molar-refractivity contribution in [3.8, 4) is 0 Å². The van der Waals surface area contributed by atoms with Gasteiger partial charge in [-0.1, -0.05) is 13.8 Å². The monoisotopic (exact) mass is 346 g/mol. The minimum absolute atomic E-state index is 0.0514. The lowest BCUT2D eigenvalue weighted by atomic mass is 10.0. The molecule has 0 aliphatic heterocycles. The maximum Gasteiger partial charge on any atom is 0.224 e. The highest BCUT2D eigenvalue weighted by molar-refractivity contribution is 5.77. The van der Waals surface area contributed by atoms with Crippen molar-refractivity contribution < 1.29 is 24.2 Å². The van der Waals surface area contributed by atoms with E-state index in [1.807, 2.05) is 13.8 Å². The van der Waals surface area contributed by atoms with Gasteiger partial charge in [0.25, 0.3) is 0 Å². The number of aliphatic hydroxyl groups is 1. The van der Waals surface area contributed by atoms with Gasteiger partial charge in [0.05, 0.1) is 37.2 Å². The van der Waals surface area contributed by atoms with Crippen LogP contribution in [0, 0.1) is 5.92 Å². The first-order valence-corrected chi connectivity index (χ1v) is 8.38. The first-order chi connectivity index (χ1) is 11.0. The van der Waals surface area contributed by atoms with Crippen molar-refractivity contribution in [3.63, 3.8) is 0 Å². The van der Waals surface area contributed by atoms with Crippen molar-refractivity contribution in [2.45, 2.75) is 65.5 Å². The maximum atomic E-state index is 11.8. The van der Waals surface area contributed by atoms with E-state index in [4.69, 9.17) is 14.6 Å². The number of hydrogen-bond donors (Lipinski definition) is 3. The summed E-state index contributed by atoms with van der Waals surface area (Å²) in [5, 5.41) is 14.4. The molecule has 0 radical (unpaired) electrons. The number of hydrogen-bond acceptors (Lipinski definition) is 5. The average molecular weight is 346 g/mol. The van der Waals surface area contributed by atoms with Crippen LogP contribution in [0.3, 0.4) is 0 Å². The molecule has 0 aromatic carbocycles. The third-order valence-corrected chi connectivity index (χ3v) is 3.11. The molecule has 7 nitrogen and oxygen atoms in total. The predicted molar refractivity (Wildman–Crippen MR) is 92.4 cm³/mol. The van der Waals surface area contributed by atoms with Crippen LogP contribution in [0.5, 0.6) is 0 Å². The van der Waals surface area contributed by atoms with Gasteiger partial charge in [-0.3, -0.25) is 9.59 Å². The first-order valence-electron chi connectivity index (χ1n) is 8.38. The SMILES string of the molecule is CC(C)COC(C)(C)CC(=O)NCOCCC(=O)NC(C)(C)CO. The Morgan fingerprint density at radius 3 is 2.29 bits per heavy atom. The third-order valence-electron chi connectivity index (χ3n) is 3.11. The predicted octanol–water partition coefficient (Wildman–Crippen LogP) is 1.20. The topological polar surface area (TPSA) is 96.9 Å². The minimum atomic E-state index is -0.646. The Hall–Kier alpha value is -1.18. The maximum absolute atomic E-state index is 11.8. The Morgan fingerprint density at radius 2 is 1.75 bits per heavy atom. The quantitative estimate of drug-likeness (QED) is 0.364. The van der Waals surface area contributed by atoms with Crippen molar-refractivity contribution in [2.24, 2.45) is 5.92 Å². The van der Waals surface area contributed by atoms with E-state index >= 15 is 0 Å². The fourth-order valence-corrected chi connectivity index (χ4v) is 1.74. The Bertz CT molecular complexity index is 394. The molecule has 0 aromatic rings. The molecule has 142 valence electrons. The van der Waals surface area contributed by atoms with Gasteiger partial charge in [-0.25, -0.2) is 0 Å². The molecule has 0 fully saturated rings. The highest BCUT2D eigenvalue weighted by atomic mass is 16.5. The number of ether oxygens (including phenoxy) is 2. The summed E-state index contributed by atoms with van der Waals surface area (Å²) in [7, 11) is 0. The van der Waals surface area contributed by atoms with Gasteiger partial charge in [0.15, 0.2) is 0 Å². The Labute approximate surface area is 145 Å². The number of carbonyl (C=O) groups is 2. The molecule has 0 aromatic heterocycles. The molecule has 0 atom stereocenters. The Kier molecular flexibility index (Phi) is 10.1. The van der Waals surface area contributed by atoms with E-state index in [-0.39, 0.29) is 44.6 Å². The van der Waals surface area contributed by atoms with Gasteiger partial charge in [0.1, 0.15) is 6.73 Å². The molecule has 0 saturated heterocycles. The number of aliphatic hydroxyl groups excluding tert-OH is 1. The lowest BCUT2D eigenvalue weighted by molar-refractivity contribution is -0.129. The van der Waals surface area contributed by atoms with Gasteiger partial charge in [-0.15, -0.1) is 0 Å². The number of carbonyl (C=O) groups excluding carboxylic acids is 2. The normalized spacial score (nSPS) is 12.3. The van der Waals surface area contributed by atoms with E-state index in [0.717, 1.165) is 0 Å². The summed E-state index contributed by atoms with van der Waals surface area (Å²) in [6, 6.07) is 0. The molecule has 0 bridgehead atoms. The molecule has 0 unspecified atom stereocenters. The molecule has 3 N–H and O–H groups in total. The van der Waals surface area contributed by atoms with E-state index in [1.54, 1.807) is 13.8 Å². The summed E-state index contributed by atoms with van der Waals surface area (Å²) >= 11 is 0. The summed E-state index contributed by atoms with van der Waals surface area (Å²) in [6.45, 7) is 12.1. The zero-order valence-corrected chi connectivity index (χ0v) is 15.9. The smallest absolute Gasteiger partial charge is 0.224 e.